The van der Waals surface area contributed by atoms with Crippen LogP contribution in [-0.4, -0.2) is 26.3 Å². The van der Waals surface area contributed by atoms with Crippen LogP contribution >= 0.6 is 0 Å². The number of aromatic nitrogens is 2. The number of rotatable bonds is 7. The number of carbonyl (C=O) groups is 1. The predicted molar refractivity (Wildman–Crippen MR) is 94.9 cm³/mol. The Morgan fingerprint density at radius 3 is 2.04 bits per heavy atom. The molecular formula is C20H19N3O2. The van der Waals surface area contributed by atoms with E-state index in [9.17, 15) is 9.90 Å². The lowest BCUT2D eigenvalue weighted by Crippen LogP contribution is -2.23. The number of phenols is 1. The molecule has 0 saturated heterocycles. The van der Waals surface area contributed by atoms with Gasteiger partial charge in [-0.25, -0.2) is 0 Å². The van der Waals surface area contributed by atoms with Gasteiger partial charge in [0.2, 0.25) is 0 Å². The number of hydrogen-bond donors (Lipinski definition) is 1. The summed E-state index contributed by atoms with van der Waals surface area (Å²) in [6.07, 6.45) is 4.31. The van der Waals surface area contributed by atoms with Crippen LogP contribution in [0.5, 0.6) is 5.75 Å². The second-order valence-corrected chi connectivity index (χ2v) is 5.79. The maximum absolute atomic E-state index is 11.0. The van der Waals surface area contributed by atoms with Gasteiger partial charge in [0.25, 0.3) is 0 Å². The van der Waals surface area contributed by atoms with Gasteiger partial charge in [0, 0.05) is 43.2 Å². The minimum Gasteiger partial charge on any atom is -0.508 e. The Kier molecular flexibility index (Phi) is 5.49. The molecule has 1 N–H and O–H groups in total. The standard InChI is InChI=1S/C20H19N3O2/c24-15-16-7-8-20(25)17(11-16)12-23(13-18-5-1-3-9-21-18)14-19-6-2-4-10-22-19/h1-11,15,25H,12-14H2. The van der Waals surface area contributed by atoms with Crippen LogP contribution in [0.2, 0.25) is 0 Å². The lowest BCUT2D eigenvalue weighted by Gasteiger charge is -2.22. The lowest BCUT2D eigenvalue weighted by atomic mass is 10.1. The third-order valence-electron chi connectivity index (χ3n) is 3.86. The largest absolute Gasteiger partial charge is 0.508 e. The first-order valence-corrected chi connectivity index (χ1v) is 8.04. The molecule has 25 heavy (non-hydrogen) atoms. The van der Waals surface area contributed by atoms with Gasteiger partial charge in [0.1, 0.15) is 12.0 Å². The van der Waals surface area contributed by atoms with Crippen molar-refractivity contribution in [1.29, 1.82) is 0 Å². The summed E-state index contributed by atoms with van der Waals surface area (Å²) in [5.74, 6) is 0.178. The molecule has 0 unspecified atom stereocenters. The normalized spacial score (nSPS) is 10.8. The molecule has 0 aliphatic heterocycles. The molecule has 0 fully saturated rings. The Morgan fingerprint density at radius 1 is 0.880 bits per heavy atom. The first kappa shape index (κ1) is 16.8. The first-order valence-electron chi connectivity index (χ1n) is 8.04. The molecule has 0 amide bonds. The molecule has 1 aromatic carbocycles. The van der Waals surface area contributed by atoms with Gasteiger partial charge >= 0.3 is 0 Å². The second-order valence-electron chi connectivity index (χ2n) is 5.79. The zero-order valence-electron chi connectivity index (χ0n) is 13.7. The third-order valence-corrected chi connectivity index (χ3v) is 3.86. The van der Waals surface area contributed by atoms with Crippen molar-refractivity contribution in [2.45, 2.75) is 19.6 Å². The van der Waals surface area contributed by atoms with Gasteiger partial charge in [-0.2, -0.15) is 0 Å². The van der Waals surface area contributed by atoms with E-state index in [0.29, 0.717) is 30.8 Å². The van der Waals surface area contributed by atoms with E-state index in [1.165, 1.54) is 0 Å². The average molecular weight is 333 g/mol. The highest BCUT2D eigenvalue weighted by molar-refractivity contribution is 5.75. The van der Waals surface area contributed by atoms with Crippen molar-refractivity contribution in [2.24, 2.45) is 0 Å². The number of aromatic hydroxyl groups is 1. The Bertz CT molecular complexity index is 781. The number of carbonyl (C=O) groups excluding carboxylic acids is 1. The van der Waals surface area contributed by atoms with Crippen LogP contribution < -0.4 is 0 Å². The molecule has 126 valence electrons. The lowest BCUT2D eigenvalue weighted by molar-refractivity contribution is 0.112. The SMILES string of the molecule is O=Cc1ccc(O)c(CN(Cc2ccccn2)Cc2ccccn2)c1. The number of benzene rings is 1. The fourth-order valence-corrected chi connectivity index (χ4v) is 2.66. The quantitative estimate of drug-likeness (QED) is 0.673. The van der Waals surface area contributed by atoms with Crippen LogP contribution in [0.1, 0.15) is 27.3 Å². The van der Waals surface area contributed by atoms with Crippen LogP contribution in [0.25, 0.3) is 0 Å². The van der Waals surface area contributed by atoms with Gasteiger partial charge < -0.3 is 5.11 Å². The predicted octanol–water partition coefficient (Wildman–Crippen LogP) is 3.20. The Labute approximate surface area is 146 Å². The fraction of sp³-hybridized carbons (Fsp3) is 0.150. The summed E-state index contributed by atoms with van der Waals surface area (Å²) in [6.45, 7) is 1.71. The van der Waals surface area contributed by atoms with Gasteiger partial charge in [-0.15, -0.1) is 0 Å². The molecule has 5 heteroatoms. The van der Waals surface area contributed by atoms with E-state index in [1.54, 1.807) is 30.6 Å². The van der Waals surface area contributed by atoms with Crippen molar-refractivity contribution in [1.82, 2.24) is 14.9 Å². The summed E-state index contributed by atoms with van der Waals surface area (Å²) in [6, 6.07) is 16.5. The van der Waals surface area contributed by atoms with Gasteiger partial charge in [0.05, 0.1) is 11.4 Å². The molecule has 3 aromatic rings. The Balaban J connectivity index is 1.84. The van der Waals surface area contributed by atoms with E-state index in [1.807, 2.05) is 36.4 Å². The Morgan fingerprint density at radius 2 is 1.52 bits per heavy atom. The summed E-state index contributed by atoms with van der Waals surface area (Å²) < 4.78 is 0. The highest BCUT2D eigenvalue weighted by Gasteiger charge is 2.12. The van der Waals surface area contributed by atoms with Crippen molar-refractivity contribution in [2.75, 3.05) is 0 Å². The zero-order chi connectivity index (χ0) is 17.5. The molecule has 0 bridgehead atoms. The van der Waals surface area contributed by atoms with Crippen LogP contribution in [0.4, 0.5) is 0 Å². The number of phenolic OH excluding ortho intramolecular Hbond substituents is 1. The molecule has 0 atom stereocenters. The molecule has 0 aliphatic rings. The summed E-state index contributed by atoms with van der Waals surface area (Å²) in [7, 11) is 0. The van der Waals surface area contributed by atoms with E-state index in [2.05, 4.69) is 14.9 Å². The fourth-order valence-electron chi connectivity index (χ4n) is 2.66. The highest BCUT2D eigenvalue weighted by atomic mass is 16.3. The van der Waals surface area contributed by atoms with Crippen LogP contribution in [0.15, 0.2) is 67.0 Å². The van der Waals surface area contributed by atoms with E-state index >= 15 is 0 Å². The maximum Gasteiger partial charge on any atom is 0.150 e. The van der Waals surface area contributed by atoms with Gasteiger partial charge in [0.15, 0.2) is 0 Å². The van der Waals surface area contributed by atoms with Gasteiger partial charge in [-0.05, 0) is 42.5 Å². The minimum absolute atomic E-state index is 0.178. The molecule has 0 spiro atoms. The number of pyridine rings is 2. The summed E-state index contributed by atoms with van der Waals surface area (Å²) in [5.41, 5.74) is 3.12. The second kappa shape index (κ2) is 8.17. The average Bonchev–Trinajstić information content (AvgIpc) is 2.65. The maximum atomic E-state index is 11.0. The van der Waals surface area contributed by atoms with Crippen LogP contribution in [-0.2, 0) is 19.6 Å². The number of nitrogens with zero attached hydrogens (tertiary/aromatic N) is 3. The summed E-state index contributed by atoms with van der Waals surface area (Å²) in [4.78, 5) is 21.9. The van der Waals surface area contributed by atoms with E-state index in [-0.39, 0.29) is 5.75 Å². The van der Waals surface area contributed by atoms with Gasteiger partial charge in [-0.3, -0.25) is 19.7 Å². The van der Waals surface area contributed by atoms with Crippen molar-refractivity contribution in [3.8, 4) is 5.75 Å². The van der Waals surface area contributed by atoms with E-state index in [0.717, 1.165) is 17.7 Å². The van der Waals surface area contributed by atoms with Crippen molar-refractivity contribution in [3.63, 3.8) is 0 Å². The van der Waals surface area contributed by atoms with Gasteiger partial charge in [-0.1, -0.05) is 12.1 Å². The molecule has 2 aromatic heterocycles. The number of aldehydes is 1. The van der Waals surface area contributed by atoms with E-state index in [4.69, 9.17) is 0 Å². The Hall–Kier alpha value is -3.05. The van der Waals surface area contributed by atoms with Crippen molar-refractivity contribution < 1.29 is 9.90 Å². The summed E-state index contributed by atoms with van der Waals surface area (Å²) in [5, 5.41) is 10.1. The molecule has 0 radical (unpaired) electrons. The number of hydrogen-bond acceptors (Lipinski definition) is 5. The smallest absolute Gasteiger partial charge is 0.150 e. The molecular weight excluding hydrogens is 314 g/mol. The highest BCUT2D eigenvalue weighted by Crippen LogP contribution is 2.21. The third kappa shape index (κ3) is 4.71. The summed E-state index contributed by atoms with van der Waals surface area (Å²) >= 11 is 0. The monoisotopic (exact) mass is 333 g/mol. The molecule has 2 heterocycles. The zero-order valence-corrected chi connectivity index (χ0v) is 13.7. The van der Waals surface area contributed by atoms with E-state index < -0.39 is 0 Å². The van der Waals surface area contributed by atoms with Crippen LogP contribution in [0, 0.1) is 0 Å². The van der Waals surface area contributed by atoms with Crippen molar-refractivity contribution >= 4 is 6.29 Å². The van der Waals surface area contributed by atoms with Crippen LogP contribution in [0.3, 0.4) is 0 Å². The first-order chi connectivity index (χ1) is 12.2. The topological polar surface area (TPSA) is 66.3 Å². The molecule has 0 saturated carbocycles. The molecule has 5 nitrogen and oxygen atoms in total. The molecule has 3 rings (SSSR count). The van der Waals surface area contributed by atoms with Crippen molar-refractivity contribution in [3.05, 3.63) is 89.5 Å². The molecule has 0 aliphatic carbocycles. The minimum atomic E-state index is 0.178.